The van der Waals surface area contributed by atoms with Crippen molar-refractivity contribution in [3.63, 3.8) is 0 Å². The Balaban J connectivity index is 1.86. The minimum Gasteiger partial charge on any atom is -0.331 e. The largest absolute Gasteiger partial charge is 0.416 e. The molecule has 2 rings (SSSR count). The van der Waals surface area contributed by atoms with Crippen molar-refractivity contribution in [1.82, 2.24) is 15.8 Å². The second-order valence-electron chi connectivity index (χ2n) is 4.34. The molecule has 9 heteroatoms. The molecule has 23 heavy (non-hydrogen) atoms. The summed E-state index contributed by atoms with van der Waals surface area (Å²) >= 11 is 4.94. The summed E-state index contributed by atoms with van der Waals surface area (Å²) < 4.78 is 37.3. The molecule has 0 aliphatic heterocycles. The van der Waals surface area contributed by atoms with Crippen LogP contribution in [0.15, 0.2) is 48.8 Å². The summed E-state index contributed by atoms with van der Waals surface area (Å²) in [7, 11) is 0. The number of carbonyl (C=O) groups excluding carboxylic acids is 1. The molecule has 0 saturated heterocycles. The van der Waals surface area contributed by atoms with E-state index in [2.05, 4.69) is 21.2 Å². The third-order valence-corrected chi connectivity index (χ3v) is 2.91. The molecule has 0 aliphatic rings. The lowest BCUT2D eigenvalue weighted by atomic mass is 10.2. The van der Waals surface area contributed by atoms with Gasteiger partial charge in [-0.25, -0.2) is 0 Å². The van der Waals surface area contributed by atoms with E-state index in [4.69, 9.17) is 12.2 Å². The summed E-state index contributed by atoms with van der Waals surface area (Å²) in [5, 5.41) is 2.69. The van der Waals surface area contributed by atoms with E-state index in [0.717, 1.165) is 12.1 Å². The lowest BCUT2D eigenvalue weighted by Gasteiger charge is -2.12. The fourth-order valence-electron chi connectivity index (χ4n) is 1.59. The molecule has 0 aliphatic carbocycles. The molecule has 0 bridgehead atoms. The van der Waals surface area contributed by atoms with Gasteiger partial charge in [-0.1, -0.05) is 0 Å². The van der Waals surface area contributed by atoms with E-state index in [0.29, 0.717) is 11.3 Å². The predicted molar refractivity (Wildman–Crippen MR) is 82.5 cm³/mol. The van der Waals surface area contributed by atoms with Crippen LogP contribution >= 0.6 is 12.2 Å². The van der Waals surface area contributed by atoms with Crippen LogP contribution < -0.4 is 16.2 Å². The number of benzene rings is 1. The normalized spacial score (nSPS) is 10.7. The van der Waals surface area contributed by atoms with Gasteiger partial charge in [0.1, 0.15) is 0 Å². The van der Waals surface area contributed by atoms with Crippen molar-refractivity contribution in [2.75, 3.05) is 5.32 Å². The molecule has 5 nitrogen and oxygen atoms in total. The molecule has 2 aromatic rings. The van der Waals surface area contributed by atoms with Gasteiger partial charge in [0.05, 0.1) is 5.56 Å². The molecule has 0 saturated carbocycles. The van der Waals surface area contributed by atoms with Crippen molar-refractivity contribution in [2.24, 2.45) is 0 Å². The van der Waals surface area contributed by atoms with E-state index in [1.165, 1.54) is 36.7 Å². The Morgan fingerprint density at radius 2 is 1.61 bits per heavy atom. The first-order valence-corrected chi connectivity index (χ1v) is 6.72. The number of thiocarbonyl (C=S) groups is 1. The van der Waals surface area contributed by atoms with Gasteiger partial charge in [-0.15, -0.1) is 0 Å². The van der Waals surface area contributed by atoms with Crippen LogP contribution in [0.5, 0.6) is 0 Å². The minimum absolute atomic E-state index is 0.0344. The zero-order chi connectivity index (χ0) is 16.9. The smallest absolute Gasteiger partial charge is 0.331 e. The number of aromatic nitrogens is 1. The third kappa shape index (κ3) is 4.92. The lowest BCUT2D eigenvalue weighted by Crippen LogP contribution is -2.43. The number of hydrogen-bond acceptors (Lipinski definition) is 3. The Morgan fingerprint density at radius 3 is 2.17 bits per heavy atom. The van der Waals surface area contributed by atoms with Crippen molar-refractivity contribution in [3.8, 4) is 0 Å². The van der Waals surface area contributed by atoms with Crippen LogP contribution in [0.4, 0.5) is 18.9 Å². The maximum atomic E-state index is 12.4. The van der Waals surface area contributed by atoms with Crippen LogP contribution in [0, 0.1) is 0 Å². The van der Waals surface area contributed by atoms with Gasteiger partial charge < -0.3 is 5.32 Å². The van der Waals surface area contributed by atoms with E-state index in [1.807, 2.05) is 0 Å². The molecule has 120 valence electrons. The summed E-state index contributed by atoms with van der Waals surface area (Å²) in [6.07, 6.45) is -1.46. The summed E-state index contributed by atoms with van der Waals surface area (Å²) in [6, 6.07) is 7.37. The van der Waals surface area contributed by atoms with E-state index < -0.39 is 17.6 Å². The van der Waals surface area contributed by atoms with Gasteiger partial charge in [0, 0.05) is 23.6 Å². The fourth-order valence-corrected chi connectivity index (χ4v) is 1.76. The monoisotopic (exact) mass is 340 g/mol. The van der Waals surface area contributed by atoms with Gasteiger partial charge in [-0.2, -0.15) is 13.2 Å². The van der Waals surface area contributed by atoms with Crippen molar-refractivity contribution in [1.29, 1.82) is 0 Å². The second-order valence-corrected chi connectivity index (χ2v) is 4.75. The number of rotatable bonds is 2. The Kier molecular flexibility index (Phi) is 5.12. The Bertz CT molecular complexity index is 689. The highest BCUT2D eigenvalue weighted by atomic mass is 32.1. The molecule has 0 radical (unpaired) electrons. The summed E-state index contributed by atoms with van der Waals surface area (Å²) in [5.74, 6) is -0.427. The maximum Gasteiger partial charge on any atom is 0.416 e. The number of carbonyl (C=O) groups is 1. The zero-order valence-corrected chi connectivity index (χ0v) is 12.3. The number of nitrogens with zero attached hydrogens (tertiary/aromatic N) is 1. The summed E-state index contributed by atoms with van der Waals surface area (Å²) in [4.78, 5) is 15.5. The van der Waals surface area contributed by atoms with Crippen LogP contribution in [-0.2, 0) is 6.18 Å². The quantitative estimate of drug-likeness (QED) is 0.579. The lowest BCUT2D eigenvalue weighted by molar-refractivity contribution is -0.137. The van der Waals surface area contributed by atoms with Gasteiger partial charge in [0.15, 0.2) is 5.11 Å². The van der Waals surface area contributed by atoms with E-state index >= 15 is 0 Å². The van der Waals surface area contributed by atoms with Gasteiger partial charge in [0.2, 0.25) is 0 Å². The Hall–Kier alpha value is -2.68. The highest BCUT2D eigenvalue weighted by Gasteiger charge is 2.29. The Morgan fingerprint density at radius 1 is 1.00 bits per heavy atom. The SMILES string of the molecule is O=C(NNC(=S)Nc1ccc(C(F)(F)F)cc1)c1ccncc1. The van der Waals surface area contributed by atoms with Crippen LogP contribution in [0.2, 0.25) is 0 Å². The molecule has 1 aromatic carbocycles. The molecule has 0 spiro atoms. The molecule has 1 amide bonds. The van der Waals surface area contributed by atoms with Crippen molar-refractivity contribution >= 4 is 28.9 Å². The first-order valence-electron chi connectivity index (χ1n) is 6.31. The van der Waals surface area contributed by atoms with Gasteiger partial charge in [-0.05, 0) is 48.6 Å². The topological polar surface area (TPSA) is 66.1 Å². The van der Waals surface area contributed by atoms with Gasteiger partial charge in [-0.3, -0.25) is 20.6 Å². The van der Waals surface area contributed by atoms with Crippen molar-refractivity contribution < 1.29 is 18.0 Å². The molecule has 1 heterocycles. The molecule has 1 aromatic heterocycles. The van der Waals surface area contributed by atoms with Gasteiger partial charge in [0.25, 0.3) is 5.91 Å². The predicted octanol–water partition coefficient (Wildman–Crippen LogP) is 2.73. The standard InChI is InChI=1S/C14H11F3N4OS/c15-14(16,17)10-1-3-11(4-2-10)19-13(23)21-20-12(22)9-5-7-18-8-6-9/h1-8H,(H,20,22)(H2,19,21,23). The number of halogens is 3. The number of hydrazine groups is 1. The van der Waals surface area contributed by atoms with Crippen molar-refractivity contribution in [3.05, 3.63) is 59.9 Å². The number of nitrogens with one attached hydrogen (secondary N) is 3. The van der Waals surface area contributed by atoms with Crippen LogP contribution in [0.25, 0.3) is 0 Å². The van der Waals surface area contributed by atoms with E-state index in [1.54, 1.807) is 0 Å². The minimum atomic E-state index is -4.39. The molecular weight excluding hydrogens is 329 g/mol. The molecule has 0 atom stereocenters. The molecule has 3 N–H and O–H groups in total. The first kappa shape index (κ1) is 16.7. The second kappa shape index (κ2) is 7.05. The van der Waals surface area contributed by atoms with E-state index in [-0.39, 0.29) is 5.11 Å². The molecule has 0 fully saturated rings. The number of hydrogen-bond donors (Lipinski definition) is 3. The van der Waals surface area contributed by atoms with Crippen LogP contribution in [-0.4, -0.2) is 16.0 Å². The maximum absolute atomic E-state index is 12.4. The summed E-state index contributed by atoms with van der Waals surface area (Å²) in [6.45, 7) is 0. The van der Waals surface area contributed by atoms with E-state index in [9.17, 15) is 18.0 Å². The number of pyridine rings is 1. The molecular formula is C14H11F3N4OS. The zero-order valence-electron chi connectivity index (χ0n) is 11.5. The highest BCUT2D eigenvalue weighted by Crippen LogP contribution is 2.29. The Labute approximate surface area is 134 Å². The third-order valence-electron chi connectivity index (χ3n) is 2.70. The van der Waals surface area contributed by atoms with Crippen LogP contribution in [0.1, 0.15) is 15.9 Å². The highest BCUT2D eigenvalue weighted by molar-refractivity contribution is 7.80. The van der Waals surface area contributed by atoms with Crippen LogP contribution in [0.3, 0.4) is 0 Å². The average molecular weight is 340 g/mol. The first-order chi connectivity index (χ1) is 10.9. The fraction of sp³-hybridized carbons (Fsp3) is 0.0714. The average Bonchev–Trinajstić information content (AvgIpc) is 2.53. The number of anilines is 1. The molecule has 0 unspecified atom stereocenters. The summed E-state index contributed by atoms with van der Waals surface area (Å²) in [5.41, 5.74) is 4.78. The number of alkyl halides is 3. The van der Waals surface area contributed by atoms with Crippen molar-refractivity contribution in [2.45, 2.75) is 6.18 Å². The number of amides is 1. The van der Waals surface area contributed by atoms with Gasteiger partial charge >= 0.3 is 6.18 Å².